The van der Waals surface area contributed by atoms with Crippen LogP contribution in [0.3, 0.4) is 0 Å². The molecule has 0 radical (unpaired) electrons. The van der Waals surface area contributed by atoms with Crippen molar-refractivity contribution in [3.63, 3.8) is 0 Å². The van der Waals surface area contributed by atoms with Crippen LogP contribution in [0.1, 0.15) is 37.5 Å². The van der Waals surface area contributed by atoms with Crippen LogP contribution >= 0.6 is 35.0 Å². The van der Waals surface area contributed by atoms with Gasteiger partial charge in [-0.1, -0.05) is 71.7 Å². The molecule has 1 atom stereocenters. The highest BCUT2D eigenvalue weighted by Crippen LogP contribution is 2.25. The number of hydrogen-bond acceptors (Lipinski definition) is 3. The summed E-state index contributed by atoms with van der Waals surface area (Å²) in [5.41, 5.74) is 2.08. The van der Waals surface area contributed by atoms with Gasteiger partial charge in [0.15, 0.2) is 0 Å². The Morgan fingerprint density at radius 2 is 1.65 bits per heavy atom. The number of hydrogen-bond donors (Lipinski definition) is 1. The minimum Gasteiger partial charge on any atom is -0.350 e. The summed E-state index contributed by atoms with van der Waals surface area (Å²) < 4.78 is 13.6. The zero-order valence-electron chi connectivity index (χ0n) is 21.1. The highest BCUT2D eigenvalue weighted by molar-refractivity contribution is 7.99. The third-order valence-electron chi connectivity index (χ3n) is 5.53. The van der Waals surface area contributed by atoms with Crippen molar-refractivity contribution in [1.82, 2.24) is 10.2 Å². The van der Waals surface area contributed by atoms with E-state index in [1.54, 1.807) is 29.2 Å². The maximum Gasteiger partial charge on any atom is 0.243 e. The maximum atomic E-state index is 13.6. The zero-order valence-corrected chi connectivity index (χ0v) is 23.5. The van der Waals surface area contributed by atoms with Gasteiger partial charge in [-0.25, -0.2) is 4.39 Å². The molecular formula is C29H31Cl2FN2O2S. The van der Waals surface area contributed by atoms with Gasteiger partial charge in [-0.05, 0) is 61.7 Å². The normalized spacial score (nSPS) is 12.2. The van der Waals surface area contributed by atoms with E-state index >= 15 is 0 Å². The first-order valence-corrected chi connectivity index (χ1v) is 13.8. The second kappa shape index (κ2) is 13.3. The van der Waals surface area contributed by atoms with Crippen molar-refractivity contribution in [2.24, 2.45) is 0 Å². The Hall–Kier alpha value is -2.54. The maximum absolute atomic E-state index is 13.6. The zero-order chi connectivity index (χ0) is 27.0. The Bertz CT molecular complexity index is 1200. The van der Waals surface area contributed by atoms with Crippen LogP contribution in [0.2, 0.25) is 10.0 Å². The van der Waals surface area contributed by atoms with Crippen LogP contribution in [0.5, 0.6) is 0 Å². The number of nitrogens with one attached hydrogen (secondary N) is 1. The summed E-state index contributed by atoms with van der Waals surface area (Å²) in [7, 11) is 0. The van der Waals surface area contributed by atoms with E-state index in [0.717, 1.165) is 16.7 Å². The van der Waals surface area contributed by atoms with Crippen molar-refractivity contribution in [2.75, 3.05) is 5.75 Å². The van der Waals surface area contributed by atoms with E-state index in [-0.39, 0.29) is 29.9 Å². The van der Waals surface area contributed by atoms with Gasteiger partial charge < -0.3 is 10.2 Å². The molecule has 2 amide bonds. The highest BCUT2D eigenvalue weighted by atomic mass is 35.5. The fourth-order valence-corrected chi connectivity index (χ4v) is 5.23. The molecule has 0 saturated heterocycles. The lowest BCUT2D eigenvalue weighted by atomic mass is 10.0. The minimum absolute atomic E-state index is 0.147. The van der Waals surface area contributed by atoms with Gasteiger partial charge in [0.25, 0.3) is 0 Å². The summed E-state index contributed by atoms with van der Waals surface area (Å²) in [5.74, 6) is -0.122. The van der Waals surface area contributed by atoms with Crippen LogP contribution in [0.15, 0.2) is 72.8 Å². The second-order valence-electron chi connectivity index (χ2n) is 9.82. The molecule has 0 aliphatic carbocycles. The number of nitrogens with zero attached hydrogens (tertiary/aromatic N) is 1. The minimum atomic E-state index is -0.751. The number of carbonyl (C=O) groups is 2. The Labute approximate surface area is 232 Å². The number of rotatable bonds is 10. The van der Waals surface area contributed by atoms with Gasteiger partial charge in [0.2, 0.25) is 11.8 Å². The lowest BCUT2D eigenvalue weighted by molar-refractivity contribution is -0.140. The van der Waals surface area contributed by atoms with Crippen LogP contribution in [0, 0.1) is 5.82 Å². The summed E-state index contributed by atoms with van der Waals surface area (Å²) in [5, 5.41) is 4.13. The molecule has 3 aromatic carbocycles. The van der Waals surface area contributed by atoms with Gasteiger partial charge in [0, 0.05) is 34.3 Å². The number of halogens is 3. The quantitative estimate of drug-likeness (QED) is 0.292. The van der Waals surface area contributed by atoms with Crippen LogP contribution in [-0.4, -0.2) is 34.0 Å². The van der Waals surface area contributed by atoms with E-state index in [9.17, 15) is 14.0 Å². The van der Waals surface area contributed by atoms with Crippen molar-refractivity contribution < 1.29 is 14.0 Å². The van der Waals surface area contributed by atoms with Gasteiger partial charge in [-0.2, -0.15) is 0 Å². The van der Waals surface area contributed by atoms with Crippen LogP contribution in [0.25, 0.3) is 0 Å². The molecule has 196 valence electrons. The summed E-state index contributed by atoms with van der Waals surface area (Å²) in [6, 6.07) is 20.1. The van der Waals surface area contributed by atoms with Crippen molar-refractivity contribution in [3.8, 4) is 0 Å². The first-order chi connectivity index (χ1) is 17.5. The first-order valence-electron chi connectivity index (χ1n) is 11.9. The Morgan fingerprint density at radius 3 is 2.27 bits per heavy atom. The highest BCUT2D eigenvalue weighted by Gasteiger charge is 2.32. The van der Waals surface area contributed by atoms with E-state index < -0.39 is 11.6 Å². The Morgan fingerprint density at radius 1 is 0.973 bits per heavy atom. The van der Waals surface area contributed by atoms with Gasteiger partial charge in [-0.15, -0.1) is 11.8 Å². The van der Waals surface area contributed by atoms with Gasteiger partial charge >= 0.3 is 0 Å². The van der Waals surface area contributed by atoms with E-state index in [0.29, 0.717) is 22.2 Å². The summed E-state index contributed by atoms with van der Waals surface area (Å²) >= 11 is 13.7. The smallest absolute Gasteiger partial charge is 0.243 e. The molecule has 0 fully saturated rings. The molecule has 0 aliphatic heterocycles. The molecule has 0 heterocycles. The summed E-state index contributed by atoms with van der Waals surface area (Å²) in [6.45, 7) is 5.89. The molecular weight excluding hydrogens is 530 g/mol. The largest absolute Gasteiger partial charge is 0.350 e. The number of benzene rings is 3. The lowest BCUT2D eigenvalue weighted by Crippen LogP contribution is -2.54. The molecule has 3 aromatic rings. The van der Waals surface area contributed by atoms with Crippen molar-refractivity contribution in [2.45, 2.75) is 51.1 Å². The first kappa shape index (κ1) is 29.0. The molecule has 4 nitrogen and oxygen atoms in total. The Balaban J connectivity index is 1.87. The van der Waals surface area contributed by atoms with E-state index in [1.807, 2.05) is 57.2 Å². The molecule has 37 heavy (non-hydrogen) atoms. The summed E-state index contributed by atoms with van der Waals surface area (Å²) in [6.07, 6.45) is 0.351. The third kappa shape index (κ3) is 9.37. The fourth-order valence-electron chi connectivity index (χ4n) is 3.76. The predicted molar refractivity (Wildman–Crippen MR) is 151 cm³/mol. The number of carbonyl (C=O) groups excluding carboxylic acids is 2. The van der Waals surface area contributed by atoms with Crippen LogP contribution in [0.4, 0.5) is 4.39 Å². The molecule has 0 saturated carbocycles. The van der Waals surface area contributed by atoms with Crippen LogP contribution in [-0.2, 0) is 28.3 Å². The predicted octanol–water partition coefficient (Wildman–Crippen LogP) is 6.92. The number of amides is 2. The van der Waals surface area contributed by atoms with Gasteiger partial charge in [0.05, 0.1) is 5.75 Å². The van der Waals surface area contributed by atoms with Crippen molar-refractivity contribution in [1.29, 1.82) is 0 Å². The topological polar surface area (TPSA) is 49.4 Å². The summed E-state index contributed by atoms with van der Waals surface area (Å²) in [4.78, 5) is 28.8. The lowest BCUT2D eigenvalue weighted by Gasteiger charge is -2.34. The van der Waals surface area contributed by atoms with Gasteiger partial charge in [0.1, 0.15) is 11.9 Å². The number of thioether (sulfide) groups is 1. The molecule has 8 heteroatoms. The SMILES string of the molecule is CC(C)(C)NC(=O)C(Cc1ccccc1)N(Cc1ccc(F)cc1)C(=O)CSCc1ccc(Cl)cc1Cl. The van der Waals surface area contributed by atoms with E-state index in [4.69, 9.17) is 23.2 Å². The van der Waals surface area contributed by atoms with Crippen molar-refractivity contribution in [3.05, 3.63) is 105 Å². The molecule has 0 spiro atoms. The molecule has 3 rings (SSSR count). The van der Waals surface area contributed by atoms with Gasteiger partial charge in [-0.3, -0.25) is 9.59 Å². The average molecular weight is 562 g/mol. The molecule has 1 N–H and O–H groups in total. The second-order valence-corrected chi connectivity index (χ2v) is 11.7. The Kier molecular flexibility index (Phi) is 10.4. The average Bonchev–Trinajstić information content (AvgIpc) is 2.83. The molecule has 0 bridgehead atoms. The fraction of sp³-hybridized carbons (Fsp3) is 0.310. The van der Waals surface area contributed by atoms with E-state index in [1.165, 1.54) is 23.9 Å². The third-order valence-corrected chi connectivity index (χ3v) is 7.09. The van der Waals surface area contributed by atoms with E-state index in [2.05, 4.69) is 5.32 Å². The standard InChI is InChI=1S/C29H31Cl2FN2O2S/c1-29(2,3)33-28(36)26(15-20-7-5-4-6-8-20)34(17-21-9-13-24(32)14-10-21)27(35)19-37-18-22-11-12-23(30)16-25(22)31/h4-14,16,26H,15,17-19H2,1-3H3,(H,33,36). The molecule has 1 unspecified atom stereocenters. The van der Waals surface area contributed by atoms with Crippen LogP contribution < -0.4 is 5.32 Å². The monoisotopic (exact) mass is 560 g/mol. The molecule has 0 aromatic heterocycles. The molecule has 0 aliphatic rings. The van der Waals surface area contributed by atoms with Crippen molar-refractivity contribution >= 4 is 46.8 Å².